The number of amides is 1. The number of rotatable bonds is 1. The number of carbonyl (C=O) groups is 1. The van der Waals surface area contributed by atoms with E-state index in [2.05, 4.69) is 72.0 Å². The van der Waals surface area contributed by atoms with Gasteiger partial charge in [-0.1, -0.05) is 29.8 Å². The third-order valence-electron chi connectivity index (χ3n) is 5.01. The fourth-order valence-corrected chi connectivity index (χ4v) is 4.24. The lowest BCUT2D eigenvalue weighted by atomic mass is 9.77. The smallest absolute Gasteiger partial charge is 0.240 e. The van der Waals surface area contributed by atoms with E-state index in [0.717, 1.165) is 18.6 Å². The van der Waals surface area contributed by atoms with Crippen LogP contribution in [0.5, 0.6) is 0 Å². The van der Waals surface area contributed by atoms with Crippen molar-refractivity contribution in [3.63, 3.8) is 0 Å². The standard InChI is InChI=1S/C20H19IN2O/c1-12-3-4-14-7-10-17-19(18(14)11-12)22-23(13(2)24)20(17)15-5-8-16(21)9-6-15/h3-6,8-9,11,17,20H,7,10H2,1-2H3/t17-,20-/m1/s1/i21-4. The van der Waals surface area contributed by atoms with Crippen molar-refractivity contribution in [2.45, 2.75) is 32.7 Å². The van der Waals surface area contributed by atoms with E-state index >= 15 is 0 Å². The molecule has 1 amide bonds. The first kappa shape index (κ1) is 15.8. The van der Waals surface area contributed by atoms with Gasteiger partial charge in [-0.3, -0.25) is 4.79 Å². The predicted octanol–water partition coefficient (Wildman–Crippen LogP) is 4.47. The maximum atomic E-state index is 12.2. The molecule has 0 N–H and O–H groups in total. The molecule has 4 heteroatoms. The Labute approximate surface area is 155 Å². The highest BCUT2D eigenvalue weighted by molar-refractivity contribution is 14.1. The molecule has 1 heterocycles. The van der Waals surface area contributed by atoms with E-state index in [1.165, 1.54) is 25.8 Å². The average molecular weight is 426 g/mol. The molecule has 2 aliphatic rings. The second-order valence-electron chi connectivity index (χ2n) is 6.65. The first-order valence-electron chi connectivity index (χ1n) is 8.28. The van der Waals surface area contributed by atoms with Gasteiger partial charge < -0.3 is 0 Å². The van der Waals surface area contributed by atoms with Crippen LogP contribution in [0.25, 0.3) is 0 Å². The summed E-state index contributed by atoms with van der Waals surface area (Å²) in [7, 11) is 0. The van der Waals surface area contributed by atoms with Crippen LogP contribution >= 0.6 is 22.6 Å². The summed E-state index contributed by atoms with van der Waals surface area (Å²) in [5.74, 6) is 0.290. The molecule has 2 atom stereocenters. The molecule has 24 heavy (non-hydrogen) atoms. The summed E-state index contributed by atoms with van der Waals surface area (Å²) in [6, 6.07) is 15.1. The summed E-state index contributed by atoms with van der Waals surface area (Å²) in [6.07, 6.45) is 2.08. The molecular formula is C20H19IN2O. The number of nitrogens with zero attached hydrogens (tertiary/aromatic N) is 2. The zero-order valence-corrected chi connectivity index (χ0v) is 15.9. The van der Waals surface area contributed by atoms with E-state index in [1.807, 2.05) is 0 Å². The highest BCUT2D eigenvalue weighted by Crippen LogP contribution is 2.43. The lowest BCUT2D eigenvalue weighted by molar-refractivity contribution is -0.131. The predicted molar refractivity (Wildman–Crippen MR) is 104 cm³/mol. The molecule has 2 aromatic carbocycles. The monoisotopic (exact) mass is 426 g/mol. The molecule has 122 valence electrons. The fourth-order valence-electron chi connectivity index (χ4n) is 3.88. The highest BCUT2D eigenvalue weighted by Gasteiger charge is 2.42. The lowest BCUT2D eigenvalue weighted by Gasteiger charge is -2.29. The van der Waals surface area contributed by atoms with Gasteiger partial charge in [0.05, 0.1) is 11.8 Å². The van der Waals surface area contributed by atoms with E-state index < -0.39 is 0 Å². The number of aryl methyl sites for hydroxylation is 2. The van der Waals surface area contributed by atoms with Crippen LogP contribution in [0, 0.1) is 16.4 Å². The number of hydrogen-bond donors (Lipinski definition) is 0. The Morgan fingerprint density at radius 2 is 1.96 bits per heavy atom. The third kappa shape index (κ3) is 2.57. The second kappa shape index (κ2) is 5.99. The Kier molecular flexibility index (Phi) is 3.95. The fraction of sp³-hybridized carbons (Fsp3) is 0.300. The normalized spacial score (nSPS) is 22.0. The Bertz CT molecular complexity index is 841. The summed E-state index contributed by atoms with van der Waals surface area (Å²) in [6.45, 7) is 3.72. The molecule has 1 aliphatic carbocycles. The van der Waals surface area contributed by atoms with E-state index in [4.69, 9.17) is 5.10 Å². The Balaban J connectivity index is 1.81. The number of fused-ring (bicyclic) bond motifs is 3. The molecular weight excluding hydrogens is 407 g/mol. The van der Waals surface area contributed by atoms with Crippen LogP contribution in [0.3, 0.4) is 0 Å². The summed E-state index contributed by atoms with van der Waals surface area (Å²) >= 11 is 2.31. The van der Waals surface area contributed by atoms with E-state index in [0.29, 0.717) is 0 Å². The van der Waals surface area contributed by atoms with Crippen molar-refractivity contribution in [2.75, 3.05) is 0 Å². The highest BCUT2D eigenvalue weighted by atomic mass is 123. The zero-order chi connectivity index (χ0) is 16.8. The molecule has 0 radical (unpaired) electrons. The van der Waals surface area contributed by atoms with Crippen LogP contribution in [0.4, 0.5) is 0 Å². The molecule has 0 bridgehead atoms. The van der Waals surface area contributed by atoms with Crippen LogP contribution in [0.15, 0.2) is 47.6 Å². The van der Waals surface area contributed by atoms with Gasteiger partial charge in [0.15, 0.2) is 0 Å². The Hall–Kier alpha value is -1.69. The van der Waals surface area contributed by atoms with Crippen molar-refractivity contribution in [3.8, 4) is 0 Å². The quantitative estimate of drug-likeness (QED) is 0.620. The summed E-state index contributed by atoms with van der Waals surface area (Å²) in [5.41, 5.74) is 6.07. The van der Waals surface area contributed by atoms with Gasteiger partial charge in [-0.2, -0.15) is 5.10 Å². The van der Waals surface area contributed by atoms with Gasteiger partial charge >= 0.3 is 0 Å². The van der Waals surface area contributed by atoms with Gasteiger partial charge in [-0.15, -0.1) is 0 Å². The molecule has 0 fully saturated rings. The molecule has 0 saturated carbocycles. The molecule has 4 rings (SSSR count). The van der Waals surface area contributed by atoms with Gasteiger partial charge in [0.1, 0.15) is 0 Å². The number of benzene rings is 2. The molecule has 2 aromatic rings. The van der Waals surface area contributed by atoms with Crippen molar-refractivity contribution in [1.82, 2.24) is 5.01 Å². The maximum absolute atomic E-state index is 12.2. The SMILES string of the molecule is CC(=O)N1N=C2c3cc(C)ccc3CC[C@H]2[C@H]1c1ccc([123I])cc1. The second-order valence-corrected chi connectivity index (χ2v) is 7.90. The van der Waals surface area contributed by atoms with Crippen LogP contribution in [0.2, 0.25) is 0 Å². The first-order valence-corrected chi connectivity index (χ1v) is 9.36. The van der Waals surface area contributed by atoms with Crippen LogP contribution in [-0.4, -0.2) is 16.6 Å². The van der Waals surface area contributed by atoms with Crippen molar-refractivity contribution in [3.05, 3.63) is 68.3 Å². The average Bonchev–Trinajstić information content (AvgIpc) is 2.96. The summed E-state index contributed by atoms with van der Waals surface area (Å²) < 4.78 is 1.20. The van der Waals surface area contributed by atoms with Crippen LogP contribution < -0.4 is 0 Å². The number of carbonyl (C=O) groups excluding carboxylic acids is 1. The summed E-state index contributed by atoms with van der Waals surface area (Å²) in [5, 5.41) is 6.46. The van der Waals surface area contributed by atoms with Gasteiger partial charge in [0.2, 0.25) is 5.91 Å². The van der Waals surface area contributed by atoms with Crippen molar-refractivity contribution < 1.29 is 4.79 Å². The van der Waals surface area contributed by atoms with Crippen molar-refractivity contribution in [2.24, 2.45) is 11.0 Å². The van der Waals surface area contributed by atoms with E-state index in [1.54, 1.807) is 11.9 Å². The Morgan fingerprint density at radius 1 is 1.21 bits per heavy atom. The van der Waals surface area contributed by atoms with Gasteiger partial charge in [0, 0.05) is 22.0 Å². The van der Waals surface area contributed by atoms with E-state index in [-0.39, 0.29) is 17.9 Å². The zero-order valence-electron chi connectivity index (χ0n) is 13.8. The summed E-state index contributed by atoms with van der Waals surface area (Å²) in [4.78, 5) is 12.2. The van der Waals surface area contributed by atoms with Gasteiger partial charge in [-0.05, 0) is 71.7 Å². The minimum Gasteiger partial charge on any atom is -0.273 e. The molecule has 0 spiro atoms. The van der Waals surface area contributed by atoms with Crippen molar-refractivity contribution in [1.29, 1.82) is 0 Å². The third-order valence-corrected chi connectivity index (χ3v) is 5.73. The topological polar surface area (TPSA) is 32.7 Å². The molecule has 1 aliphatic heterocycles. The Morgan fingerprint density at radius 3 is 2.67 bits per heavy atom. The van der Waals surface area contributed by atoms with Crippen LogP contribution in [0.1, 0.15) is 41.6 Å². The van der Waals surface area contributed by atoms with E-state index in [9.17, 15) is 4.79 Å². The maximum Gasteiger partial charge on any atom is 0.240 e. The first-order chi connectivity index (χ1) is 11.5. The largest absolute Gasteiger partial charge is 0.273 e. The molecule has 0 saturated heterocycles. The number of halogens is 1. The van der Waals surface area contributed by atoms with Crippen molar-refractivity contribution >= 4 is 34.2 Å². The molecule has 3 nitrogen and oxygen atoms in total. The van der Waals surface area contributed by atoms with Gasteiger partial charge in [0.25, 0.3) is 0 Å². The number of hydrazone groups is 1. The minimum absolute atomic E-state index is 0.00894. The number of hydrogen-bond acceptors (Lipinski definition) is 2. The molecule has 0 aromatic heterocycles. The lowest BCUT2D eigenvalue weighted by Crippen LogP contribution is -2.31. The van der Waals surface area contributed by atoms with Crippen LogP contribution in [-0.2, 0) is 11.2 Å². The minimum atomic E-state index is 0.00894. The van der Waals surface area contributed by atoms with Gasteiger partial charge in [-0.25, -0.2) is 5.01 Å². The molecule has 0 unspecified atom stereocenters.